The number of nitrogens with zero attached hydrogens (tertiary/aromatic N) is 1. The molecule has 0 heterocycles. The van der Waals surface area contributed by atoms with Crippen LogP contribution in [0.3, 0.4) is 0 Å². The molecule has 0 aliphatic heterocycles. The van der Waals surface area contributed by atoms with Gasteiger partial charge >= 0.3 is 5.97 Å². The van der Waals surface area contributed by atoms with E-state index >= 15 is 0 Å². The smallest absolute Gasteiger partial charge is 0.308 e. The number of halogens is 1. The Morgan fingerprint density at radius 1 is 1.19 bits per heavy atom. The second kappa shape index (κ2) is 8.96. The van der Waals surface area contributed by atoms with Crippen molar-refractivity contribution in [2.75, 3.05) is 6.54 Å². The van der Waals surface area contributed by atoms with Crippen molar-refractivity contribution in [3.05, 3.63) is 74.8 Å². The maximum Gasteiger partial charge on any atom is 0.308 e. The van der Waals surface area contributed by atoms with Crippen LogP contribution in [0, 0.1) is 10.1 Å². The van der Waals surface area contributed by atoms with Crippen LogP contribution in [0.1, 0.15) is 35.4 Å². The summed E-state index contributed by atoms with van der Waals surface area (Å²) in [6, 6.07) is 12.3. The quantitative estimate of drug-likeness (QED) is 0.451. The monoisotopic (exact) mass is 376 g/mol. The van der Waals surface area contributed by atoms with Crippen molar-refractivity contribution < 1.29 is 19.2 Å². The van der Waals surface area contributed by atoms with Crippen LogP contribution in [0.15, 0.2) is 48.5 Å². The van der Waals surface area contributed by atoms with E-state index in [1.54, 1.807) is 31.2 Å². The highest BCUT2D eigenvalue weighted by atomic mass is 35.5. The van der Waals surface area contributed by atoms with Crippen LogP contribution in [0.4, 0.5) is 5.69 Å². The number of carbonyl (C=O) groups excluding carboxylic acids is 2. The van der Waals surface area contributed by atoms with Gasteiger partial charge in [0.2, 0.25) is 0 Å². The molecule has 0 aliphatic carbocycles. The van der Waals surface area contributed by atoms with Crippen LogP contribution >= 0.6 is 11.6 Å². The average molecular weight is 377 g/mol. The molecule has 136 valence electrons. The Balaban J connectivity index is 1.79. The summed E-state index contributed by atoms with van der Waals surface area (Å²) in [4.78, 5) is 33.9. The minimum absolute atomic E-state index is 0.00643. The average Bonchev–Trinajstić information content (AvgIpc) is 2.62. The predicted octanol–water partition coefficient (Wildman–Crippen LogP) is 3.67. The molecule has 1 atom stereocenters. The van der Waals surface area contributed by atoms with Crippen LogP contribution < -0.4 is 5.32 Å². The van der Waals surface area contributed by atoms with Crippen molar-refractivity contribution in [3.8, 4) is 0 Å². The first-order valence-electron chi connectivity index (χ1n) is 7.85. The van der Waals surface area contributed by atoms with Crippen molar-refractivity contribution in [1.29, 1.82) is 0 Å². The number of carbonyl (C=O) groups is 2. The van der Waals surface area contributed by atoms with Gasteiger partial charge in [0, 0.05) is 34.8 Å². The highest BCUT2D eigenvalue weighted by molar-refractivity contribution is 6.31. The number of esters is 1. The van der Waals surface area contributed by atoms with Gasteiger partial charge in [-0.3, -0.25) is 19.7 Å². The van der Waals surface area contributed by atoms with Crippen molar-refractivity contribution in [2.45, 2.75) is 19.4 Å². The topological polar surface area (TPSA) is 98.5 Å². The fourth-order valence-corrected chi connectivity index (χ4v) is 2.53. The first-order valence-corrected chi connectivity index (χ1v) is 8.23. The van der Waals surface area contributed by atoms with Gasteiger partial charge in [-0.15, -0.1) is 0 Å². The fourth-order valence-electron chi connectivity index (χ4n) is 2.24. The molecule has 1 N–H and O–H groups in total. The summed E-state index contributed by atoms with van der Waals surface area (Å²) >= 11 is 6.06. The van der Waals surface area contributed by atoms with Crippen LogP contribution in [-0.2, 0) is 9.53 Å². The van der Waals surface area contributed by atoms with Crippen molar-refractivity contribution >= 4 is 29.2 Å². The van der Waals surface area contributed by atoms with E-state index < -0.39 is 22.9 Å². The number of amides is 1. The highest BCUT2D eigenvalue weighted by Crippen LogP contribution is 2.25. The lowest BCUT2D eigenvalue weighted by atomic mass is 10.1. The van der Waals surface area contributed by atoms with Gasteiger partial charge in [0.1, 0.15) is 6.10 Å². The molecule has 2 aromatic rings. The minimum atomic E-state index is -0.544. The Hall–Kier alpha value is -2.93. The summed E-state index contributed by atoms with van der Waals surface area (Å²) in [5, 5.41) is 13.7. The van der Waals surface area contributed by atoms with Crippen LogP contribution in [0.5, 0.6) is 0 Å². The van der Waals surface area contributed by atoms with Crippen LogP contribution in [0.25, 0.3) is 0 Å². The molecular weight excluding hydrogens is 360 g/mol. The van der Waals surface area contributed by atoms with Gasteiger partial charge in [-0.05, 0) is 25.1 Å². The summed E-state index contributed by atoms with van der Waals surface area (Å²) in [6.07, 6.45) is -0.505. The second-order valence-corrected chi connectivity index (χ2v) is 5.87. The summed E-state index contributed by atoms with van der Waals surface area (Å²) in [7, 11) is 0. The lowest BCUT2D eigenvalue weighted by Gasteiger charge is -2.15. The van der Waals surface area contributed by atoms with Crippen molar-refractivity contribution in [1.82, 2.24) is 5.32 Å². The number of nitrogens with one attached hydrogen (secondary N) is 1. The molecular formula is C18H17ClN2O5. The molecule has 0 fully saturated rings. The Kier molecular flexibility index (Phi) is 6.68. The van der Waals surface area contributed by atoms with Crippen LogP contribution in [-0.4, -0.2) is 23.3 Å². The third-order valence-corrected chi connectivity index (χ3v) is 3.95. The fraction of sp³-hybridized carbons (Fsp3) is 0.222. The third-order valence-electron chi connectivity index (χ3n) is 3.61. The van der Waals surface area contributed by atoms with E-state index in [-0.39, 0.29) is 24.2 Å². The SMILES string of the molecule is C[C@@H](OC(=O)CCNC(=O)c1ccc([N+](=O)[O-])cc1)c1ccccc1Cl. The number of nitro groups is 1. The number of non-ortho nitro benzene ring substituents is 1. The molecule has 0 bridgehead atoms. The summed E-state index contributed by atoms with van der Waals surface area (Å²) in [6.45, 7) is 1.80. The zero-order valence-corrected chi connectivity index (χ0v) is 14.7. The van der Waals surface area contributed by atoms with E-state index in [0.717, 1.165) is 0 Å². The largest absolute Gasteiger partial charge is 0.458 e. The first kappa shape index (κ1) is 19.4. The van der Waals surface area contributed by atoms with Gasteiger partial charge in [-0.25, -0.2) is 0 Å². The highest BCUT2D eigenvalue weighted by Gasteiger charge is 2.15. The maximum absolute atomic E-state index is 11.9. The number of hydrogen-bond donors (Lipinski definition) is 1. The molecule has 7 nitrogen and oxygen atoms in total. The molecule has 8 heteroatoms. The van der Waals surface area contributed by atoms with Crippen molar-refractivity contribution in [2.24, 2.45) is 0 Å². The molecule has 0 saturated carbocycles. The lowest BCUT2D eigenvalue weighted by Crippen LogP contribution is -2.26. The Morgan fingerprint density at radius 3 is 2.46 bits per heavy atom. The lowest BCUT2D eigenvalue weighted by molar-refractivity contribution is -0.384. The van der Waals surface area contributed by atoms with Gasteiger partial charge < -0.3 is 10.1 Å². The molecule has 0 spiro atoms. The van der Waals surface area contributed by atoms with E-state index in [4.69, 9.17) is 16.3 Å². The number of benzene rings is 2. The van der Waals surface area contributed by atoms with Crippen LogP contribution in [0.2, 0.25) is 5.02 Å². The standard InChI is InChI=1S/C18H17ClN2O5/c1-12(15-4-2-3-5-16(15)19)26-17(22)10-11-20-18(23)13-6-8-14(9-7-13)21(24)25/h2-9,12H,10-11H2,1H3,(H,20,23)/t12-/m1/s1. The van der Waals surface area contributed by atoms with E-state index in [1.807, 2.05) is 0 Å². The summed E-state index contributed by atoms with van der Waals surface area (Å²) in [5.41, 5.74) is 0.879. The van der Waals surface area contributed by atoms with E-state index in [9.17, 15) is 19.7 Å². The number of hydrogen-bond acceptors (Lipinski definition) is 5. The summed E-state index contributed by atoms with van der Waals surface area (Å²) < 4.78 is 5.30. The number of ether oxygens (including phenoxy) is 1. The van der Waals surface area contributed by atoms with Gasteiger partial charge in [-0.1, -0.05) is 29.8 Å². The van der Waals surface area contributed by atoms with E-state index in [2.05, 4.69) is 5.32 Å². The molecule has 1 amide bonds. The Labute approximate surface area is 155 Å². The summed E-state index contributed by atoms with van der Waals surface area (Å²) in [5.74, 6) is -0.895. The molecule has 26 heavy (non-hydrogen) atoms. The number of rotatable bonds is 7. The normalized spacial score (nSPS) is 11.5. The maximum atomic E-state index is 11.9. The molecule has 0 aromatic heterocycles. The van der Waals surface area contributed by atoms with Gasteiger partial charge in [-0.2, -0.15) is 0 Å². The zero-order valence-electron chi connectivity index (χ0n) is 14.0. The molecule has 0 aliphatic rings. The molecule has 0 radical (unpaired) electrons. The van der Waals surface area contributed by atoms with Gasteiger partial charge in [0.15, 0.2) is 0 Å². The van der Waals surface area contributed by atoms with Crippen molar-refractivity contribution in [3.63, 3.8) is 0 Å². The molecule has 0 unspecified atom stereocenters. The molecule has 2 rings (SSSR count). The van der Waals surface area contributed by atoms with E-state index in [1.165, 1.54) is 24.3 Å². The molecule has 2 aromatic carbocycles. The number of nitro benzene ring substituents is 1. The van der Waals surface area contributed by atoms with Gasteiger partial charge in [0.25, 0.3) is 11.6 Å². The van der Waals surface area contributed by atoms with Gasteiger partial charge in [0.05, 0.1) is 11.3 Å². The third kappa shape index (κ3) is 5.29. The predicted molar refractivity (Wildman–Crippen MR) is 96.0 cm³/mol. The second-order valence-electron chi connectivity index (χ2n) is 5.46. The first-order chi connectivity index (χ1) is 12.4. The Morgan fingerprint density at radius 2 is 1.85 bits per heavy atom. The van der Waals surface area contributed by atoms with E-state index in [0.29, 0.717) is 10.6 Å². The molecule has 0 saturated heterocycles. The zero-order chi connectivity index (χ0) is 19.1. The Bertz CT molecular complexity index is 807. The minimum Gasteiger partial charge on any atom is -0.458 e.